The molecule has 1 aromatic heterocycles. The highest BCUT2D eigenvalue weighted by Gasteiger charge is 2.15. The first kappa shape index (κ1) is 17.4. The van der Waals surface area contributed by atoms with Crippen LogP contribution >= 0.6 is 0 Å². The summed E-state index contributed by atoms with van der Waals surface area (Å²) in [6, 6.07) is 16.1. The minimum atomic E-state index is -0.523. The van der Waals surface area contributed by atoms with Gasteiger partial charge >= 0.3 is 5.97 Å². The smallest absolute Gasteiger partial charge is 0.312 e. The molecule has 3 aromatic rings. The van der Waals surface area contributed by atoms with E-state index in [0.717, 1.165) is 5.56 Å². The minimum Gasteiger partial charge on any atom is -0.461 e. The van der Waals surface area contributed by atoms with Gasteiger partial charge in [-0.2, -0.15) is 0 Å². The van der Waals surface area contributed by atoms with Crippen molar-refractivity contribution in [3.8, 4) is 11.5 Å². The molecule has 0 aliphatic carbocycles. The first-order chi connectivity index (χ1) is 12.5. The molecule has 0 unspecified atom stereocenters. The highest BCUT2D eigenvalue weighted by molar-refractivity contribution is 5.92. The van der Waals surface area contributed by atoms with E-state index in [1.807, 2.05) is 30.3 Å². The summed E-state index contributed by atoms with van der Waals surface area (Å²) in [7, 11) is 0. The lowest BCUT2D eigenvalue weighted by Gasteiger charge is -2.05. The predicted molar refractivity (Wildman–Crippen MR) is 95.1 cm³/mol. The van der Waals surface area contributed by atoms with E-state index < -0.39 is 11.9 Å². The van der Waals surface area contributed by atoms with Gasteiger partial charge in [-0.25, -0.2) is 4.98 Å². The number of aromatic nitrogens is 1. The second-order valence-corrected chi connectivity index (χ2v) is 5.79. The molecule has 6 heteroatoms. The van der Waals surface area contributed by atoms with Gasteiger partial charge < -0.3 is 14.9 Å². The Kier molecular flexibility index (Phi) is 5.12. The predicted octanol–water partition coefficient (Wildman–Crippen LogP) is 3.03. The van der Waals surface area contributed by atoms with Crippen LogP contribution in [0.15, 0.2) is 59.0 Å². The number of amides is 1. The Morgan fingerprint density at radius 1 is 1.12 bits per heavy atom. The summed E-state index contributed by atoms with van der Waals surface area (Å²) in [6.07, 6.45) is 0.0116. The normalized spacial score (nSPS) is 10.5. The largest absolute Gasteiger partial charge is 0.461 e. The third kappa shape index (κ3) is 4.16. The molecular weight excluding hydrogens is 332 g/mol. The van der Waals surface area contributed by atoms with E-state index in [4.69, 9.17) is 14.9 Å². The number of benzene rings is 2. The molecule has 6 nitrogen and oxygen atoms in total. The van der Waals surface area contributed by atoms with E-state index in [0.29, 0.717) is 28.5 Å². The van der Waals surface area contributed by atoms with Gasteiger partial charge in [0.15, 0.2) is 0 Å². The van der Waals surface area contributed by atoms with Crippen molar-refractivity contribution in [2.24, 2.45) is 5.73 Å². The van der Waals surface area contributed by atoms with Crippen molar-refractivity contribution in [1.29, 1.82) is 0 Å². The summed E-state index contributed by atoms with van der Waals surface area (Å²) >= 11 is 0. The molecule has 0 spiro atoms. The van der Waals surface area contributed by atoms with Crippen LogP contribution in [0.25, 0.3) is 11.5 Å². The Labute approximate surface area is 150 Å². The Morgan fingerprint density at radius 2 is 1.88 bits per heavy atom. The zero-order chi connectivity index (χ0) is 18.5. The highest BCUT2D eigenvalue weighted by atomic mass is 16.5. The second kappa shape index (κ2) is 7.65. The molecule has 1 heterocycles. The van der Waals surface area contributed by atoms with E-state index in [1.54, 1.807) is 31.2 Å². The van der Waals surface area contributed by atoms with Gasteiger partial charge in [0.1, 0.15) is 12.4 Å². The number of primary amides is 1. The quantitative estimate of drug-likeness (QED) is 0.689. The fraction of sp³-hybridized carbons (Fsp3) is 0.150. The first-order valence-electron chi connectivity index (χ1n) is 8.09. The van der Waals surface area contributed by atoms with E-state index >= 15 is 0 Å². The van der Waals surface area contributed by atoms with Crippen LogP contribution in [0.5, 0.6) is 0 Å². The van der Waals surface area contributed by atoms with Gasteiger partial charge in [0.05, 0.1) is 12.1 Å². The van der Waals surface area contributed by atoms with Crippen LogP contribution in [-0.4, -0.2) is 16.9 Å². The SMILES string of the molecule is Cc1oc(-c2ccccc2)nc1CC(=O)OCc1cccc(C(N)=O)c1. The van der Waals surface area contributed by atoms with Crippen LogP contribution in [0, 0.1) is 6.92 Å². The van der Waals surface area contributed by atoms with Crippen LogP contribution in [0.3, 0.4) is 0 Å². The van der Waals surface area contributed by atoms with E-state index in [-0.39, 0.29) is 13.0 Å². The number of hydrogen-bond acceptors (Lipinski definition) is 5. The number of carbonyl (C=O) groups is 2. The van der Waals surface area contributed by atoms with Crippen molar-refractivity contribution >= 4 is 11.9 Å². The zero-order valence-electron chi connectivity index (χ0n) is 14.3. The lowest BCUT2D eigenvalue weighted by Crippen LogP contribution is -2.12. The molecule has 0 saturated heterocycles. The maximum Gasteiger partial charge on any atom is 0.312 e. The minimum absolute atomic E-state index is 0.0116. The average molecular weight is 350 g/mol. The van der Waals surface area contributed by atoms with Gasteiger partial charge in [-0.15, -0.1) is 0 Å². The summed E-state index contributed by atoms with van der Waals surface area (Å²) in [6.45, 7) is 1.82. The summed E-state index contributed by atoms with van der Waals surface area (Å²) in [5.41, 5.74) is 7.69. The molecular formula is C20H18N2O4. The van der Waals surface area contributed by atoms with Gasteiger partial charge in [-0.1, -0.05) is 30.3 Å². The fourth-order valence-electron chi connectivity index (χ4n) is 2.46. The third-order valence-corrected chi connectivity index (χ3v) is 3.84. The maximum atomic E-state index is 12.1. The maximum absolute atomic E-state index is 12.1. The Balaban J connectivity index is 1.63. The molecule has 0 fully saturated rings. The van der Waals surface area contributed by atoms with Crippen molar-refractivity contribution in [3.05, 3.63) is 77.2 Å². The first-order valence-corrected chi connectivity index (χ1v) is 8.09. The standard InChI is InChI=1S/C20H18N2O4/c1-13-17(22-20(26-13)15-7-3-2-4-8-15)11-18(23)25-12-14-6-5-9-16(10-14)19(21)24/h2-10H,11-12H2,1H3,(H2,21,24). The molecule has 0 bridgehead atoms. The molecule has 26 heavy (non-hydrogen) atoms. The molecule has 0 aliphatic rings. The molecule has 3 rings (SSSR count). The molecule has 0 radical (unpaired) electrons. The second-order valence-electron chi connectivity index (χ2n) is 5.79. The zero-order valence-corrected chi connectivity index (χ0v) is 14.3. The number of ether oxygens (including phenoxy) is 1. The van der Waals surface area contributed by atoms with Crippen molar-refractivity contribution in [1.82, 2.24) is 4.98 Å². The van der Waals surface area contributed by atoms with Gasteiger partial charge in [0.2, 0.25) is 11.8 Å². The molecule has 1 amide bonds. The lowest BCUT2D eigenvalue weighted by molar-refractivity contribution is -0.144. The highest BCUT2D eigenvalue weighted by Crippen LogP contribution is 2.21. The summed E-state index contributed by atoms with van der Waals surface area (Å²) < 4.78 is 10.9. The topological polar surface area (TPSA) is 95.4 Å². The van der Waals surface area contributed by atoms with Gasteiger partial charge in [0, 0.05) is 11.1 Å². The Hall–Kier alpha value is -3.41. The third-order valence-electron chi connectivity index (χ3n) is 3.84. The van der Waals surface area contributed by atoms with Crippen LogP contribution in [-0.2, 0) is 22.6 Å². The van der Waals surface area contributed by atoms with Gasteiger partial charge in [0.25, 0.3) is 0 Å². The van der Waals surface area contributed by atoms with E-state index in [2.05, 4.69) is 4.98 Å². The van der Waals surface area contributed by atoms with Crippen LogP contribution in [0.4, 0.5) is 0 Å². The van der Waals surface area contributed by atoms with E-state index in [1.165, 1.54) is 0 Å². The molecule has 2 aromatic carbocycles. The number of esters is 1. The number of nitrogens with two attached hydrogens (primary N) is 1. The van der Waals surface area contributed by atoms with Crippen LogP contribution in [0.1, 0.15) is 27.4 Å². The van der Waals surface area contributed by atoms with E-state index in [9.17, 15) is 9.59 Å². The van der Waals surface area contributed by atoms with Gasteiger partial charge in [-0.05, 0) is 36.8 Å². The average Bonchev–Trinajstić information content (AvgIpc) is 3.01. The van der Waals surface area contributed by atoms with Crippen molar-refractivity contribution in [2.45, 2.75) is 20.0 Å². The number of nitrogens with zero attached hydrogens (tertiary/aromatic N) is 1. The van der Waals surface area contributed by atoms with Gasteiger partial charge in [-0.3, -0.25) is 9.59 Å². The number of rotatable bonds is 6. The Bertz CT molecular complexity index is 932. The number of hydrogen-bond donors (Lipinski definition) is 1. The molecule has 0 saturated carbocycles. The number of carbonyl (C=O) groups excluding carboxylic acids is 2. The number of oxazole rings is 1. The molecule has 132 valence electrons. The Morgan fingerprint density at radius 3 is 2.62 bits per heavy atom. The molecule has 0 aliphatic heterocycles. The summed E-state index contributed by atoms with van der Waals surface area (Å²) in [4.78, 5) is 27.7. The van der Waals surface area contributed by atoms with Crippen molar-refractivity contribution in [2.75, 3.05) is 0 Å². The monoisotopic (exact) mass is 350 g/mol. The summed E-state index contributed by atoms with van der Waals surface area (Å²) in [5.74, 6) is 0.104. The molecule has 0 atom stereocenters. The van der Waals surface area contributed by atoms with Crippen molar-refractivity contribution in [3.63, 3.8) is 0 Å². The van der Waals surface area contributed by atoms with Crippen molar-refractivity contribution < 1.29 is 18.7 Å². The molecule has 2 N–H and O–H groups in total. The van der Waals surface area contributed by atoms with Crippen LogP contribution in [0.2, 0.25) is 0 Å². The fourth-order valence-corrected chi connectivity index (χ4v) is 2.46. The van der Waals surface area contributed by atoms with Crippen LogP contribution < -0.4 is 5.73 Å². The number of aryl methyl sites for hydroxylation is 1. The summed E-state index contributed by atoms with van der Waals surface area (Å²) in [5, 5.41) is 0. The lowest BCUT2D eigenvalue weighted by atomic mass is 10.1.